The molecule has 1 saturated carbocycles. The molecule has 0 bridgehead atoms. The molecule has 1 aliphatic carbocycles. The second-order valence-electron chi connectivity index (χ2n) is 9.92. The Morgan fingerprint density at radius 2 is 1.89 bits per heavy atom. The molecule has 2 aromatic heterocycles. The molecule has 2 aromatic rings. The number of fused-ring (bicyclic) bond motifs is 2. The molecule has 14 nitrogen and oxygen atoms in total. The van der Waals surface area contributed by atoms with Crippen LogP contribution >= 0.6 is 26.8 Å². The first-order chi connectivity index (χ1) is 16.7. The summed E-state index contributed by atoms with van der Waals surface area (Å²) in [6.45, 7) is 2.24. The Hall–Kier alpha value is -1.18. The molecule has 17 heteroatoms. The minimum atomic E-state index is -4.83. The summed E-state index contributed by atoms with van der Waals surface area (Å²) in [4.78, 5) is 38.5. The van der Waals surface area contributed by atoms with Crippen LogP contribution in [0.25, 0.3) is 11.0 Å². The molecule has 3 fully saturated rings. The van der Waals surface area contributed by atoms with Gasteiger partial charge in [0.05, 0.1) is 18.2 Å². The number of aromatic nitrogens is 4. The predicted octanol–water partition coefficient (Wildman–Crippen LogP) is 1.06. The van der Waals surface area contributed by atoms with Gasteiger partial charge in [-0.15, -0.1) is 0 Å². The summed E-state index contributed by atoms with van der Waals surface area (Å²) in [6, 6.07) is 0. The summed E-state index contributed by atoms with van der Waals surface area (Å²) < 4.78 is 34.9. The maximum atomic E-state index is 12.0. The molecule has 36 heavy (non-hydrogen) atoms. The lowest BCUT2D eigenvalue weighted by Crippen LogP contribution is -2.46. The van der Waals surface area contributed by atoms with Gasteiger partial charge in [0.2, 0.25) is 5.28 Å². The van der Waals surface area contributed by atoms with E-state index >= 15 is 0 Å². The second kappa shape index (κ2) is 9.23. The number of ether oxygens (including phenoxy) is 1. The monoisotopic (exact) mass is 567 g/mol. The van der Waals surface area contributed by atoms with Crippen LogP contribution in [0.1, 0.15) is 32.4 Å². The van der Waals surface area contributed by atoms with Gasteiger partial charge in [-0.25, -0.2) is 4.68 Å². The summed E-state index contributed by atoms with van der Waals surface area (Å²) in [6.07, 6.45) is 0.971. The van der Waals surface area contributed by atoms with Crippen molar-refractivity contribution in [3.05, 3.63) is 11.5 Å². The van der Waals surface area contributed by atoms with Crippen molar-refractivity contribution in [1.82, 2.24) is 19.7 Å². The van der Waals surface area contributed by atoms with Crippen LogP contribution in [0.15, 0.2) is 6.20 Å². The van der Waals surface area contributed by atoms with Crippen LogP contribution in [-0.2, 0) is 18.4 Å². The Labute approximate surface area is 210 Å². The van der Waals surface area contributed by atoms with Crippen molar-refractivity contribution in [2.24, 2.45) is 11.8 Å². The van der Waals surface area contributed by atoms with Gasteiger partial charge in [-0.1, -0.05) is 6.42 Å². The standard InChI is InChI=1S/C19H28ClN5O9P2/c1-19(27)13(8-33-36(31,32)9-35(28,29)30)34-17(14(19)26)25-16-12(5-21-25)15(22-18(20)23-16)24-6-10-3-2-4-11(10)7-24/h5,10-11,13-14,17,26-27H,2-4,6-9H2,1H3,(H,31,32)(H2,28,29,30)/t10-,11+,13-,14+,17-,19-/m1/s1. The van der Waals surface area contributed by atoms with Gasteiger partial charge in [-0.05, 0) is 43.2 Å². The van der Waals surface area contributed by atoms with E-state index in [1.807, 2.05) is 0 Å². The normalized spacial score (nSPS) is 34.4. The van der Waals surface area contributed by atoms with Gasteiger partial charge in [-0.3, -0.25) is 9.13 Å². The zero-order valence-corrected chi connectivity index (χ0v) is 21.8. The van der Waals surface area contributed by atoms with Crippen molar-refractivity contribution in [2.75, 3.05) is 30.5 Å². The van der Waals surface area contributed by atoms with E-state index in [4.69, 9.17) is 30.6 Å². The van der Waals surface area contributed by atoms with Crippen LogP contribution in [0.3, 0.4) is 0 Å². The van der Waals surface area contributed by atoms with Gasteiger partial charge < -0.3 is 39.1 Å². The largest absolute Gasteiger partial charge is 0.385 e. The van der Waals surface area contributed by atoms with Gasteiger partial charge in [0.15, 0.2) is 17.8 Å². The van der Waals surface area contributed by atoms with Gasteiger partial charge in [-0.2, -0.15) is 15.1 Å². The molecule has 200 valence electrons. The predicted molar refractivity (Wildman–Crippen MR) is 127 cm³/mol. The van der Waals surface area contributed by atoms with Gasteiger partial charge in [0, 0.05) is 13.1 Å². The Morgan fingerprint density at radius 3 is 2.53 bits per heavy atom. The van der Waals surface area contributed by atoms with Gasteiger partial charge in [0.1, 0.15) is 23.6 Å². The SMILES string of the molecule is C[C@@]1(O)[C@@H](COP(=O)(O)CP(=O)(O)O)O[C@@H](n2ncc3c(N4C[C@H]5CCC[C@H]5C4)nc(Cl)nc32)[C@@H]1O. The molecule has 7 atom stereocenters. The summed E-state index contributed by atoms with van der Waals surface area (Å²) in [5.74, 6) is 0.449. The first kappa shape index (κ1) is 26.4. The van der Waals surface area contributed by atoms with Gasteiger partial charge >= 0.3 is 15.2 Å². The fraction of sp³-hybridized carbons (Fsp3) is 0.737. The second-order valence-corrected chi connectivity index (χ2v) is 14.3. The number of hydrogen-bond donors (Lipinski definition) is 5. The van der Waals surface area contributed by atoms with E-state index in [0.29, 0.717) is 23.0 Å². The Bertz CT molecular complexity index is 1240. The molecule has 3 aliphatic rings. The number of rotatable bonds is 7. The van der Waals surface area contributed by atoms with E-state index in [9.17, 15) is 24.2 Å². The smallest absolute Gasteiger partial charge is 0.340 e. The zero-order valence-electron chi connectivity index (χ0n) is 19.3. The van der Waals surface area contributed by atoms with Gasteiger partial charge in [0.25, 0.3) is 0 Å². The Kier molecular flexibility index (Phi) is 6.78. The summed E-state index contributed by atoms with van der Waals surface area (Å²) in [5.41, 5.74) is -1.69. The molecule has 0 aromatic carbocycles. The number of halogens is 1. The average molecular weight is 568 g/mol. The van der Waals surface area contributed by atoms with E-state index in [1.165, 1.54) is 37.1 Å². The van der Waals surface area contributed by atoms with Crippen molar-refractivity contribution in [3.63, 3.8) is 0 Å². The summed E-state index contributed by atoms with van der Waals surface area (Å²) >= 11 is 6.25. The first-order valence-electron chi connectivity index (χ1n) is 11.5. The number of aliphatic hydroxyl groups excluding tert-OH is 1. The maximum Gasteiger partial charge on any atom is 0.340 e. The molecule has 2 aliphatic heterocycles. The minimum Gasteiger partial charge on any atom is -0.385 e. The van der Waals surface area contributed by atoms with E-state index in [-0.39, 0.29) is 10.9 Å². The zero-order chi connectivity index (χ0) is 26.0. The molecule has 0 radical (unpaired) electrons. The summed E-state index contributed by atoms with van der Waals surface area (Å²) in [5, 5.41) is 26.6. The minimum absolute atomic E-state index is 0.0194. The fourth-order valence-corrected chi connectivity index (χ4v) is 8.15. The van der Waals surface area contributed by atoms with Crippen molar-refractivity contribution >= 4 is 43.6 Å². The number of aliphatic hydroxyl groups is 2. The van der Waals surface area contributed by atoms with Crippen LogP contribution in [0.2, 0.25) is 5.28 Å². The highest BCUT2D eigenvalue weighted by Crippen LogP contribution is 2.56. The molecular formula is C19H28ClN5O9P2. The molecule has 0 amide bonds. The molecule has 2 saturated heterocycles. The quantitative estimate of drug-likeness (QED) is 0.235. The molecular weight excluding hydrogens is 540 g/mol. The van der Waals surface area contributed by atoms with Crippen LogP contribution < -0.4 is 4.90 Å². The lowest BCUT2D eigenvalue weighted by molar-refractivity contribution is -0.0776. The molecule has 0 spiro atoms. The highest BCUT2D eigenvalue weighted by atomic mass is 35.5. The summed E-state index contributed by atoms with van der Waals surface area (Å²) in [7, 11) is -9.53. The molecule has 5 N–H and O–H groups in total. The highest BCUT2D eigenvalue weighted by Gasteiger charge is 2.54. The molecule has 4 heterocycles. The number of anilines is 1. The fourth-order valence-electron chi connectivity index (χ4n) is 5.44. The molecule has 1 unspecified atom stereocenters. The first-order valence-corrected chi connectivity index (χ1v) is 15.4. The lowest BCUT2D eigenvalue weighted by atomic mass is 9.95. The number of hydrogen-bond acceptors (Lipinski definition) is 10. The third-order valence-electron chi connectivity index (χ3n) is 7.29. The van der Waals surface area contributed by atoms with Crippen molar-refractivity contribution in [1.29, 1.82) is 0 Å². The van der Waals surface area contributed by atoms with Crippen molar-refractivity contribution in [2.45, 2.75) is 50.2 Å². The highest BCUT2D eigenvalue weighted by molar-refractivity contribution is 7.70. The lowest BCUT2D eigenvalue weighted by Gasteiger charge is -2.26. The average Bonchev–Trinajstić information content (AvgIpc) is 3.48. The van der Waals surface area contributed by atoms with E-state index < -0.39 is 51.7 Å². The van der Waals surface area contributed by atoms with E-state index in [2.05, 4.69) is 20.0 Å². The topological polar surface area (TPSA) is 201 Å². The Balaban J connectivity index is 1.39. The van der Waals surface area contributed by atoms with Crippen LogP contribution in [-0.4, -0.2) is 88.1 Å². The maximum absolute atomic E-state index is 12.0. The third kappa shape index (κ3) is 4.96. The van der Waals surface area contributed by atoms with Crippen LogP contribution in [0.4, 0.5) is 5.82 Å². The Morgan fingerprint density at radius 1 is 1.22 bits per heavy atom. The van der Waals surface area contributed by atoms with E-state index in [1.54, 1.807) is 0 Å². The third-order valence-corrected chi connectivity index (χ3v) is 10.9. The van der Waals surface area contributed by atoms with Crippen molar-refractivity contribution < 1.29 is 43.3 Å². The number of nitrogens with zero attached hydrogens (tertiary/aromatic N) is 5. The van der Waals surface area contributed by atoms with E-state index in [0.717, 1.165) is 13.1 Å². The molecule has 5 rings (SSSR count). The van der Waals surface area contributed by atoms with Crippen LogP contribution in [0, 0.1) is 11.8 Å². The van der Waals surface area contributed by atoms with Crippen LogP contribution in [0.5, 0.6) is 0 Å². The van der Waals surface area contributed by atoms with Crippen molar-refractivity contribution in [3.8, 4) is 0 Å².